The molecule has 33 heavy (non-hydrogen) atoms. The number of hydrogen-bond donors (Lipinski definition) is 1. The van der Waals surface area contributed by atoms with Crippen LogP contribution in [0.1, 0.15) is 38.1 Å². The van der Waals surface area contributed by atoms with Crippen molar-refractivity contribution in [2.24, 2.45) is 0 Å². The van der Waals surface area contributed by atoms with Crippen molar-refractivity contribution in [1.29, 1.82) is 0 Å². The third kappa shape index (κ3) is 7.96. The number of carbonyl (C=O) groups excluding carboxylic acids is 5. The molecule has 1 heterocycles. The van der Waals surface area contributed by atoms with Crippen LogP contribution in [-0.2, 0) is 42.9 Å². The van der Waals surface area contributed by atoms with Crippen LogP contribution in [0.5, 0.6) is 0 Å². The van der Waals surface area contributed by atoms with E-state index in [2.05, 4.69) is 27.9 Å². The van der Waals surface area contributed by atoms with Gasteiger partial charge in [-0.25, -0.2) is 0 Å². The number of nitrogens with one attached hydrogen (secondary N) is 1. The molecule has 0 bridgehead atoms. The molecular formula is C21H24INO10. The summed E-state index contributed by atoms with van der Waals surface area (Å²) in [5.74, 6) is -3.44. The van der Waals surface area contributed by atoms with E-state index in [1.807, 2.05) is 0 Å². The van der Waals surface area contributed by atoms with Gasteiger partial charge >= 0.3 is 23.9 Å². The van der Waals surface area contributed by atoms with Crippen molar-refractivity contribution >= 4 is 52.4 Å². The third-order valence-corrected chi connectivity index (χ3v) is 5.11. The average molecular weight is 577 g/mol. The Morgan fingerprint density at radius 3 is 1.91 bits per heavy atom. The maximum atomic E-state index is 12.9. The van der Waals surface area contributed by atoms with Gasteiger partial charge in [-0.05, 0) is 46.9 Å². The number of ether oxygens (including phenoxy) is 5. The fraction of sp³-hybridized carbons (Fsp3) is 0.476. The Labute approximate surface area is 203 Å². The molecule has 1 aliphatic heterocycles. The second kappa shape index (κ2) is 11.9. The Morgan fingerprint density at radius 1 is 0.848 bits per heavy atom. The molecule has 180 valence electrons. The zero-order valence-electron chi connectivity index (χ0n) is 18.4. The average Bonchev–Trinajstić information content (AvgIpc) is 2.70. The Hall–Kier alpha value is -2.74. The zero-order chi connectivity index (χ0) is 24.7. The molecule has 1 fully saturated rings. The van der Waals surface area contributed by atoms with E-state index in [1.165, 1.54) is 6.92 Å². The highest BCUT2D eigenvalue weighted by Crippen LogP contribution is 2.28. The van der Waals surface area contributed by atoms with Crippen LogP contribution in [0.3, 0.4) is 0 Å². The van der Waals surface area contributed by atoms with Gasteiger partial charge in [-0.1, -0.05) is 0 Å². The molecule has 0 saturated carbocycles. The van der Waals surface area contributed by atoms with Crippen LogP contribution in [-0.4, -0.2) is 67.0 Å². The van der Waals surface area contributed by atoms with Gasteiger partial charge in [-0.15, -0.1) is 0 Å². The van der Waals surface area contributed by atoms with Gasteiger partial charge in [0.2, 0.25) is 6.29 Å². The molecule has 11 nitrogen and oxygen atoms in total. The van der Waals surface area contributed by atoms with E-state index >= 15 is 0 Å². The van der Waals surface area contributed by atoms with Crippen LogP contribution in [0, 0.1) is 3.57 Å². The summed E-state index contributed by atoms with van der Waals surface area (Å²) in [7, 11) is 0. The first kappa shape index (κ1) is 26.5. The Bertz CT molecular complexity index is 903. The van der Waals surface area contributed by atoms with Crippen LogP contribution in [0.4, 0.5) is 0 Å². The van der Waals surface area contributed by atoms with Crippen molar-refractivity contribution < 1.29 is 47.7 Å². The molecule has 12 heteroatoms. The van der Waals surface area contributed by atoms with Gasteiger partial charge in [0.15, 0.2) is 12.2 Å². The lowest BCUT2D eigenvalue weighted by Crippen LogP contribution is -2.67. The molecule has 1 N–H and O–H groups in total. The number of esters is 4. The monoisotopic (exact) mass is 577 g/mol. The Morgan fingerprint density at radius 2 is 1.39 bits per heavy atom. The lowest BCUT2D eigenvalue weighted by molar-refractivity contribution is -0.270. The number of carbonyl (C=O) groups is 5. The summed E-state index contributed by atoms with van der Waals surface area (Å²) < 4.78 is 27.5. The summed E-state index contributed by atoms with van der Waals surface area (Å²) in [6.45, 7) is 4.16. The fourth-order valence-corrected chi connectivity index (χ4v) is 3.52. The zero-order valence-corrected chi connectivity index (χ0v) is 20.5. The first-order valence-corrected chi connectivity index (χ1v) is 10.9. The van der Waals surface area contributed by atoms with Crippen molar-refractivity contribution in [3.05, 3.63) is 33.4 Å². The van der Waals surface area contributed by atoms with Crippen molar-refractivity contribution in [3.63, 3.8) is 0 Å². The van der Waals surface area contributed by atoms with Gasteiger partial charge in [-0.2, -0.15) is 0 Å². The highest BCUT2D eigenvalue weighted by molar-refractivity contribution is 14.1. The number of hydrogen-bond acceptors (Lipinski definition) is 10. The lowest BCUT2D eigenvalue weighted by Gasteiger charge is -2.44. The molecule has 1 aliphatic rings. The molecular weight excluding hydrogens is 553 g/mol. The van der Waals surface area contributed by atoms with Crippen molar-refractivity contribution in [3.8, 4) is 0 Å². The van der Waals surface area contributed by atoms with E-state index in [0.29, 0.717) is 0 Å². The van der Waals surface area contributed by atoms with Gasteiger partial charge in [0.1, 0.15) is 18.8 Å². The Balaban J connectivity index is 2.44. The summed E-state index contributed by atoms with van der Waals surface area (Å²) >= 11 is 2.09. The number of rotatable bonds is 7. The molecule has 1 amide bonds. The van der Waals surface area contributed by atoms with E-state index < -0.39 is 60.4 Å². The van der Waals surface area contributed by atoms with E-state index in [9.17, 15) is 24.0 Å². The normalized spacial score (nSPS) is 24.2. The number of benzene rings is 1. The number of amides is 1. The summed E-state index contributed by atoms with van der Waals surface area (Å²) in [6, 6.07) is 5.35. The lowest BCUT2D eigenvalue weighted by atomic mass is 9.95. The third-order valence-electron chi connectivity index (χ3n) is 4.39. The Kier molecular flexibility index (Phi) is 9.58. The van der Waals surface area contributed by atoms with Gasteiger partial charge in [0.25, 0.3) is 5.91 Å². The fourth-order valence-electron chi connectivity index (χ4n) is 3.16. The molecule has 2 rings (SSSR count). The SMILES string of the molecule is CC(=O)OC[C@H]1OC(OC(C)=O)[C@H](NC(=O)c2ccc(I)cc2)[C@@H](OC(C)=O)[C@@H]1OC(C)=O. The summed E-state index contributed by atoms with van der Waals surface area (Å²) in [6.07, 6.45) is -5.19. The summed E-state index contributed by atoms with van der Waals surface area (Å²) in [5.41, 5.74) is 0.282. The molecule has 5 atom stereocenters. The maximum absolute atomic E-state index is 12.9. The summed E-state index contributed by atoms with van der Waals surface area (Å²) in [4.78, 5) is 59.6. The molecule has 0 spiro atoms. The minimum atomic E-state index is -1.44. The quantitative estimate of drug-likeness (QED) is 0.284. The van der Waals surface area contributed by atoms with Crippen molar-refractivity contribution in [2.45, 2.75) is 58.3 Å². The first-order chi connectivity index (χ1) is 15.5. The smallest absolute Gasteiger partial charge is 0.305 e. The first-order valence-electron chi connectivity index (χ1n) is 9.84. The van der Waals surface area contributed by atoms with Gasteiger partial charge in [0, 0.05) is 36.8 Å². The minimum Gasteiger partial charge on any atom is -0.463 e. The molecule has 1 saturated heterocycles. The van der Waals surface area contributed by atoms with Crippen LogP contribution >= 0.6 is 22.6 Å². The molecule has 0 aliphatic carbocycles. The van der Waals surface area contributed by atoms with E-state index in [-0.39, 0.29) is 12.2 Å². The minimum absolute atomic E-state index is 0.282. The molecule has 0 aromatic heterocycles. The summed E-state index contributed by atoms with van der Waals surface area (Å²) in [5, 5.41) is 2.63. The van der Waals surface area contributed by atoms with E-state index in [4.69, 9.17) is 23.7 Å². The van der Waals surface area contributed by atoms with Gasteiger partial charge in [0.05, 0.1) is 0 Å². The van der Waals surface area contributed by atoms with Gasteiger partial charge in [-0.3, -0.25) is 24.0 Å². The van der Waals surface area contributed by atoms with Crippen LogP contribution < -0.4 is 5.32 Å². The second-order valence-corrected chi connectivity index (χ2v) is 8.35. The molecule has 0 radical (unpaired) electrons. The number of halogens is 1. The van der Waals surface area contributed by atoms with Crippen LogP contribution in [0.2, 0.25) is 0 Å². The predicted octanol–water partition coefficient (Wildman–Crippen LogP) is 1.10. The van der Waals surface area contributed by atoms with Crippen molar-refractivity contribution in [1.82, 2.24) is 5.32 Å². The van der Waals surface area contributed by atoms with E-state index in [0.717, 1.165) is 24.3 Å². The highest BCUT2D eigenvalue weighted by atomic mass is 127. The molecule has 1 unspecified atom stereocenters. The van der Waals surface area contributed by atoms with E-state index in [1.54, 1.807) is 24.3 Å². The van der Waals surface area contributed by atoms with Gasteiger partial charge < -0.3 is 29.0 Å². The highest BCUT2D eigenvalue weighted by Gasteiger charge is 2.52. The molecule has 1 aromatic carbocycles. The maximum Gasteiger partial charge on any atom is 0.305 e. The second-order valence-electron chi connectivity index (χ2n) is 7.11. The van der Waals surface area contributed by atoms with Crippen LogP contribution in [0.25, 0.3) is 0 Å². The predicted molar refractivity (Wildman–Crippen MR) is 119 cm³/mol. The largest absolute Gasteiger partial charge is 0.463 e. The molecule has 1 aromatic rings. The topological polar surface area (TPSA) is 144 Å². The van der Waals surface area contributed by atoms with Crippen LogP contribution in [0.15, 0.2) is 24.3 Å². The van der Waals surface area contributed by atoms with Crippen molar-refractivity contribution in [2.75, 3.05) is 6.61 Å². The standard InChI is InChI=1S/C21H24INO10/c1-10(24)29-9-16-18(30-11(2)25)19(31-12(3)26)17(21(33-16)32-13(4)27)23-20(28)14-5-7-15(22)8-6-14/h5-8,16-19,21H,9H2,1-4H3,(H,23,28)/t16-,17-,18-,19-,21?/m1/s1.